The summed E-state index contributed by atoms with van der Waals surface area (Å²) in [6.07, 6.45) is 2.64. The lowest BCUT2D eigenvalue weighted by Crippen LogP contribution is -2.59. The molecule has 4 bridgehead atoms. The van der Waals surface area contributed by atoms with Gasteiger partial charge in [-0.1, -0.05) is 113 Å². The van der Waals surface area contributed by atoms with Gasteiger partial charge in [-0.25, -0.2) is 19.2 Å². The Hall–Kier alpha value is -7.76. The van der Waals surface area contributed by atoms with E-state index in [4.69, 9.17) is 28.4 Å². The van der Waals surface area contributed by atoms with Crippen molar-refractivity contribution >= 4 is 47.9 Å². The van der Waals surface area contributed by atoms with E-state index in [-0.39, 0.29) is 80.5 Å². The van der Waals surface area contributed by atoms with E-state index in [1.165, 1.54) is 14.2 Å². The Morgan fingerprint density at radius 3 is 1.17 bits per heavy atom. The molecule has 18 nitrogen and oxygen atoms in total. The highest BCUT2D eigenvalue weighted by Gasteiger charge is 2.64. The number of nitrogens with one attached hydrogen (secondary N) is 4. The van der Waals surface area contributed by atoms with Crippen LogP contribution < -0.4 is 30.7 Å². The Kier molecular flexibility index (Phi) is 19.7. The number of amides is 4. The van der Waals surface area contributed by atoms with Gasteiger partial charge in [0.25, 0.3) is 0 Å². The number of ether oxygens (including phenoxy) is 6. The topological polar surface area (TPSA) is 240 Å². The first-order valence-corrected chi connectivity index (χ1v) is 26.7. The van der Waals surface area contributed by atoms with Crippen LogP contribution in [0.3, 0.4) is 0 Å². The number of rotatable bonds is 24. The highest BCUT2D eigenvalue weighted by atomic mass is 16.6. The number of carbonyl (C=O) groups is 8. The van der Waals surface area contributed by atoms with Crippen LogP contribution in [0, 0.1) is 34.5 Å². The van der Waals surface area contributed by atoms with Crippen molar-refractivity contribution in [1.29, 1.82) is 0 Å². The molecule has 416 valence electrons. The third kappa shape index (κ3) is 15.7. The van der Waals surface area contributed by atoms with Crippen LogP contribution in [0.5, 0.6) is 11.5 Å². The van der Waals surface area contributed by atoms with Crippen molar-refractivity contribution in [3.8, 4) is 11.5 Å². The fourth-order valence-corrected chi connectivity index (χ4v) is 11.5. The van der Waals surface area contributed by atoms with Gasteiger partial charge in [0.2, 0.25) is 11.8 Å². The molecule has 4 amide bonds. The van der Waals surface area contributed by atoms with E-state index in [2.05, 4.69) is 21.3 Å². The normalized spacial score (nSPS) is 20.5. The largest absolute Gasteiger partial charge is 0.467 e. The zero-order valence-corrected chi connectivity index (χ0v) is 45.2. The van der Waals surface area contributed by atoms with Crippen LogP contribution in [0.15, 0.2) is 109 Å². The van der Waals surface area contributed by atoms with Crippen LogP contribution in [-0.4, -0.2) is 86.3 Å². The maximum Gasteiger partial charge on any atom is 0.408 e. The minimum absolute atomic E-state index is 0.0162. The molecule has 4 fully saturated rings. The number of methoxy groups -OCH3 is 2. The lowest BCUT2D eigenvalue weighted by atomic mass is 9.44. The molecule has 0 heterocycles. The van der Waals surface area contributed by atoms with Gasteiger partial charge in [0, 0.05) is 12.8 Å². The maximum atomic E-state index is 14.3. The summed E-state index contributed by atoms with van der Waals surface area (Å²) >= 11 is 0. The van der Waals surface area contributed by atoms with Crippen LogP contribution in [0.2, 0.25) is 0 Å². The molecule has 4 aliphatic rings. The highest BCUT2D eigenvalue weighted by Crippen LogP contribution is 2.66. The number of hydrogen-bond acceptors (Lipinski definition) is 14. The van der Waals surface area contributed by atoms with E-state index in [0.717, 1.165) is 17.5 Å². The molecular weight excluding hydrogens is 1000 g/mol. The minimum atomic E-state index is -1.10. The lowest BCUT2D eigenvalue weighted by molar-refractivity contribution is -0.183. The first kappa shape index (κ1) is 57.9. The lowest BCUT2D eigenvalue weighted by Gasteiger charge is -2.59. The summed E-state index contributed by atoms with van der Waals surface area (Å²) in [5, 5.41) is 10.7. The average Bonchev–Trinajstić information content (AvgIpc) is 3.43. The second-order valence-electron chi connectivity index (χ2n) is 21.9. The number of hydrogen-bond donors (Lipinski definition) is 4. The quantitative estimate of drug-likeness (QED) is 0.0297. The van der Waals surface area contributed by atoms with Crippen LogP contribution in [0.4, 0.5) is 9.59 Å². The average molecular weight is 1070 g/mol. The minimum Gasteiger partial charge on any atom is -0.467 e. The van der Waals surface area contributed by atoms with Crippen LogP contribution >= 0.6 is 0 Å². The predicted octanol–water partition coefficient (Wildman–Crippen LogP) is 7.87. The molecule has 0 spiro atoms. The van der Waals surface area contributed by atoms with Crippen molar-refractivity contribution in [2.75, 3.05) is 14.2 Å². The monoisotopic (exact) mass is 1070 g/mol. The summed E-state index contributed by atoms with van der Waals surface area (Å²) in [5.74, 6) is -2.52. The van der Waals surface area contributed by atoms with Gasteiger partial charge in [-0.2, -0.15) is 0 Å². The van der Waals surface area contributed by atoms with Gasteiger partial charge in [0.1, 0.15) is 48.9 Å². The molecule has 8 rings (SSSR count). The smallest absolute Gasteiger partial charge is 0.408 e. The van der Waals surface area contributed by atoms with Gasteiger partial charge < -0.3 is 49.7 Å². The molecule has 4 aliphatic carbocycles. The first-order valence-electron chi connectivity index (χ1n) is 26.7. The number of alkyl carbamates (subject to hydrolysis) is 2. The number of carbonyl (C=O) groups excluding carboxylic acids is 8. The van der Waals surface area contributed by atoms with E-state index in [1.54, 1.807) is 48.5 Å². The molecule has 0 aliphatic heterocycles. The molecule has 4 saturated carbocycles. The molecule has 4 aromatic rings. The Morgan fingerprint density at radius 2 is 0.833 bits per heavy atom. The van der Waals surface area contributed by atoms with Crippen molar-refractivity contribution in [3.63, 3.8) is 0 Å². The Morgan fingerprint density at radius 1 is 0.474 bits per heavy atom. The number of esters is 4. The van der Waals surface area contributed by atoms with Gasteiger partial charge in [-0.3, -0.25) is 19.2 Å². The second kappa shape index (κ2) is 26.5. The molecule has 4 N–H and O–H groups in total. The maximum absolute atomic E-state index is 14.3. The van der Waals surface area contributed by atoms with Gasteiger partial charge in [0.05, 0.1) is 25.0 Å². The molecule has 0 unspecified atom stereocenters. The van der Waals surface area contributed by atoms with Crippen molar-refractivity contribution in [3.05, 3.63) is 131 Å². The van der Waals surface area contributed by atoms with E-state index >= 15 is 0 Å². The Balaban J connectivity index is 0.937. The zero-order valence-electron chi connectivity index (χ0n) is 45.2. The highest BCUT2D eigenvalue weighted by molar-refractivity contribution is 5.91. The van der Waals surface area contributed by atoms with E-state index in [0.29, 0.717) is 36.8 Å². The zero-order chi connectivity index (χ0) is 56.0. The third-order valence-corrected chi connectivity index (χ3v) is 14.7. The van der Waals surface area contributed by atoms with E-state index in [9.17, 15) is 38.4 Å². The Bertz CT molecular complexity index is 2540. The van der Waals surface area contributed by atoms with Crippen molar-refractivity contribution < 1.29 is 66.8 Å². The second-order valence-corrected chi connectivity index (χ2v) is 21.9. The summed E-state index contributed by atoms with van der Waals surface area (Å²) in [7, 11) is 2.44. The van der Waals surface area contributed by atoms with Gasteiger partial charge in [-0.15, -0.1) is 0 Å². The first-order chi connectivity index (χ1) is 37.3. The van der Waals surface area contributed by atoms with Crippen molar-refractivity contribution in [2.45, 2.75) is 129 Å². The van der Waals surface area contributed by atoms with Crippen LogP contribution in [0.1, 0.15) is 101 Å². The molecular formula is C60H72N4O14. The summed E-state index contributed by atoms with van der Waals surface area (Å²) in [6, 6.07) is 27.3. The van der Waals surface area contributed by atoms with Crippen molar-refractivity contribution in [1.82, 2.24) is 21.3 Å². The Labute approximate surface area is 455 Å². The van der Waals surface area contributed by atoms with Crippen molar-refractivity contribution in [2.24, 2.45) is 34.5 Å². The summed E-state index contributed by atoms with van der Waals surface area (Å²) in [5.41, 5.74) is 1.04. The van der Waals surface area contributed by atoms with E-state index in [1.807, 2.05) is 88.4 Å². The van der Waals surface area contributed by atoms with Crippen LogP contribution in [-0.2, 0) is 73.8 Å². The SMILES string of the molecule is COC(=O)[C@H](Cc1ccc(OC(=O)C23CC4CC(C2)CC(C(=O)Oc2ccc(C[C@H](NC(=O)[C@H](CC(C)C)NC(=O)OCc5ccccc5)C(=O)OC)cc2)(C4)C3)cc1)NC(=O)[C@H](CC(C)C)NC(=O)OCc1ccccc1. The van der Waals surface area contributed by atoms with E-state index < -0.39 is 82.9 Å². The molecule has 78 heavy (non-hydrogen) atoms. The fraction of sp³-hybridized carbons (Fsp3) is 0.467. The molecule has 0 aromatic heterocycles. The molecule has 0 saturated heterocycles. The standard InChI is InChI=1S/C60H72N4O14/c1-37(2)25-47(63-57(71)75-34-41-13-9-7-10-14-41)51(65)61-49(53(67)73-5)28-39-17-21-45(22-18-39)77-55(69)59-30-43-27-44(31-59)33-60(32-43,36-59)56(70)78-46-23-19-40(20-24-46)29-50(54(68)74-6)62-52(66)48(26-38(3)4)64-58(72)76-35-42-15-11-8-12-16-42/h7-24,37-38,43-44,47-50H,25-36H2,1-6H3,(H,61,65)(H,62,66)(H,63,71)(H,64,72)/t43?,44?,47-,48-,49-,50-,59?,60?/m0/s1. The van der Waals surface area contributed by atoms with Crippen LogP contribution in [0.25, 0.3) is 0 Å². The molecule has 4 aromatic carbocycles. The summed E-state index contributed by atoms with van der Waals surface area (Å²) in [6.45, 7) is 7.65. The fourth-order valence-electron chi connectivity index (χ4n) is 11.5. The molecule has 0 radical (unpaired) electrons. The van der Waals surface area contributed by atoms with Gasteiger partial charge in [-0.05, 0) is 122 Å². The summed E-state index contributed by atoms with van der Waals surface area (Å²) in [4.78, 5) is 107. The van der Waals surface area contributed by atoms with Gasteiger partial charge in [0.15, 0.2) is 0 Å². The third-order valence-electron chi connectivity index (χ3n) is 14.7. The summed E-state index contributed by atoms with van der Waals surface area (Å²) < 4.78 is 32.9. The number of benzene rings is 4. The predicted molar refractivity (Wildman–Crippen MR) is 285 cm³/mol. The van der Waals surface area contributed by atoms with Gasteiger partial charge >= 0.3 is 36.1 Å². The molecule has 18 heteroatoms. The molecule has 4 atom stereocenters.